The van der Waals surface area contributed by atoms with Gasteiger partial charge in [0.15, 0.2) is 0 Å². The third-order valence-corrected chi connectivity index (χ3v) is 6.10. The third-order valence-electron chi connectivity index (χ3n) is 6.10. The van der Waals surface area contributed by atoms with Crippen molar-refractivity contribution in [1.82, 2.24) is 9.88 Å². The normalized spacial score (nSPS) is 15.0. The van der Waals surface area contributed by atoms with Crippen molar-refractivity contribution in [2.24, 2.45) is 0 Å². The van der Waals surface area contributed by atoms with Crippen molar-refractivity contribution in [2.75, 3.05) is 0 Å². The molecule has 168 valence electrons. The number of hydrogen-bond donors (Lipinski definition) is 2. The molecular formula is C28H28N2O3. The molecule has 0 aliphatic heterocycles. The van der Waals surface area contributed by atoms with E-state index in [1.165, 1.54) is 0 Å². The number of hydrogen-bond acceptors (Lipinski definition) is 2. The highest BCUT2D eigenvalue weighted by atomic mass is 16.4. The van der Waals surface area contributed by atoms with Crippen molar-refractivity contribution in [2.45, 2.75) is 38.3 Å². The third kappa shape index (κ3) is 4.67. The van der Waals surface area contributed by atoms with Crippen molar-refractivity contribution in [3.8, 4) is 0 Å². The predicted octanol–water partition coefficient (Wildman–Crippen LogP) is 5.84. The zero-order chi connectivity index (χ0) is 23.4. The highest BCUT2D eigenvalue weighted by Gasteiger charge is 2.46. The van der Waals surface area contributed by atoms with Gasteiger partial charge in [-0.05, 0) is 61.6 Å². The van der Waals surface area contributed by atoms with E-state index in [9.17, 15) is 9.59 Å². The van der Waals surface area contributed by atoms with E-state index < -0.39 is 11.5 Å². The summed E-state index contributed by atoms with van der Waals surface area (Å²) in [6.45, 7) is 6.45. The lowest BCUT2D eigenvalue weighted by molar-refractivity contribution is 0.0696. The zero-order valence-corrected chi connectivity index (χ0v) is 18.8. The van der Waals surface area contributed by atoms with Gasteiger partial charge in [0.1, 0.15) is 0 Å². The molecule has 1 heterocycles. The monoisotopic (exact) mass is 440 g/mol. The number of carbonyl (C=O) groups is 2. The van der Waals surface area contributed by atoms with Crippen LogP contribution in [0, 0.1) is 0 Å². The summed E-state index contributed by atoms with van der Waals surface area (Å²) in [7, 11) is 0. The summed E-state index contributed by atoms with van der Waals surface area (Å²) < 4.78 is 2.11. The van der Waals surface area contributed by atoms with E-state index in [1.54, 1.807) is 24.3 Å². The van der Waals surface area contributed by atoms with Crippen LogP contribution in [0.3, 0.4) is 0 Å². The Hall–Kier alpha value is -3.86. The number of fused-ring (bicyclic) bond motifs is 1. The molecule has 1 aliphatic rings. The molecule has 0 bridgehead atoms. The van der Waals surface area contributed by atoms with Crippen molar-refractivity contribution in [3.63, 3.8) is 0 Å². The van der Waals surface area contributed by atoms with Crippen molar-refractivity contribution in [3.05, 3.63) is 108 Å². The molecule has 3 aromatic rings. The average molecular weight is 441 g/mol. The average Bonchev–Trinajstić information content (AvgIpc) is 3.49. The number of allylic oxidation sites excluding steroid dienone is 5. The number of para-hydroxylation sites is 1. The van der Waals surface area contributed by atoms with Gasteiger partial charge < -0.3 is 15.0 Å². The van der Waals surface area contributed by atoms with Gasteiger partial charge in [-0.15, -0.1) is 6.58 Å². The summed E-state index contributed by atoms with van der Waals surface area (Å²) in [6, 6.07) is 14.6. The number of rotatable bonds is 9. The van der Waals surface area contributed by atoms with Gasteiger partial charge in [0.05, 0.1) is 22.2 Å². The minimum absolute atomic E-state index is 0.122. The van der Waals surface area contributed by atoms with Crippen LogP contribution < -0.4 is 5.32 Å². The van der Waals surface area contributed by atoms with Crippen LogP contribution in [0.4, 0.5) is 0 Å². The summed E-state index contributed by atoms with van der Waals surface area (Å²) in [5.74, 6) is -1.08. The molecule has 1 saturated carbocycles. The number of aromatic nitrogens is 1. The second-order valence-electron chi connectivity index (χ2n) is 8.41. The maximum absolute atomic E-state index is 13.4. The molecule has 0 radical (unpaired) electrons. The number of carboxylic acid groups (broad SMARTS) is 1. The molecule has 33 heavy (non-hydrogen) atoms. The van der Waals surface area contributed by atoms with E-state index in [0.29, 0.717) is 12.1 Å². The quantitative estimate of drug-likeness (QED) is 0.324. The first-order chi connectivity index (χ1) is 16.0. The Kier molecular flexibility index (Phi) is 6.31. The lowest BCUT2D eigenvalue weighted by atomic mass is 10.0. The van der Waals surface area contributed by atoms with Crippen molar-refractivity contribution < 1.29 is 14.7 Å². The minimum Gasteiger partial charge on any atom is -0.478 e. The number of amides is 1. The molecule has 1 aliphatic carbocycles. The molecule has 5 heteroatoms. The van der Waals surface area contributed by atoms with Crippen LogP contribution in [0.25, 0.3) is 10.9 Å². The standard InChI is InChI=1S/C28H28N2O3/c1-3-5-8-20(7-4-2)19-30-18-15-21-9-6-10-24(25(21)30)26(31)29-28(16-17-28)23-13-11-22(12-14-23)27(32)33/h3-4,6-15,18H,1,5,16-17,19H2,2H3,(H,29,31)(H,32,33)/b7-4-,20-8+. The fraction of sp³-hybridized carbons (Fsp3) is 0.214. The highest BCUT2D eigenvalue weighted by molar-refractivity contribution is 6.06. The van der Waals surface area contributed by atoms with Crippen LogP contribution in [-0.2, 0) is 12.1 Å². The zero-order valence-electron chi connectivity index (χ0n) is 18.8. The molecule has 0 atom stereocenters. The molecule has 0 saturated heterocycles. The number of nitrogens with one attached hydrogen (secondary N) is 1. The Morgan fingerprint density at radius 1 is 1.15 bits per heavy atom. The van der Waals surface area contributed by atoms with E-state index in [4.69, 9.17) is 5.11 Å². The van der Waals surface area contributed by atoms with Crippen LogP contribution >= 0.6 is 0 Å². The van der Waals surface area contributed by atoms with E-state index in [-0.39, 0.29) is 11.5 Å². The number of benzene rings is 2. The second-order valence-corrected chi connectivity index (χ2v) is 8.41. The van der Waals surface area contributed by atoms with E-state index >= 15 is 0 Å². The molecule has 4 rings (SSSR count). The number of nitrogens with zero attached hydrogens (tertiary/aromatic N) is 1. The Bertz CT molecular complexity index is 1260. The van der Waals surface area contributed by atoms with Crippen LogP contribution in [0.2, 0.25) is 0 Å². The molecule has 5 nitrogen and oxygen atoms in total. The second kappa shape index (κ2) is 9.33. The van der Waals surface area contributed by atoms with Gasteiger partial charge in [-0.1, -0.05) is 48.6 Å². The van der Waals surface area contributed by atoms with Crippen LogP contribution in [0.5, 0.6) is 0 Å². The molecular weight excluding hydrogens is 412 g/mol. The Balaban J connectivity index is 1.63. The summed E-state index contributed by atoms with van der Waals surface area (Å²) >= 11 is 0. The largest absolute Gasteiger partial charge is 0.478 e. The molecule has 1 fully saturated rings. The molecule has 0 unspecified atom stereocenters. The van der Waals surface area contributed by atoms with Gasteiger partial charge >= 0.3 is 5.97 Å². The predicted molar refractivity (Wildman–Crippen MR) is 131 cm³/mol. The Labute approximate surface area is 193 Å². The first-order valence-corrected chi connectivity index (χ1v) is 11.1. The van der Waals surface area contributed by atoms with Gasteiger partial charge in [0.25, 0.3) is 5.91 Å². The van der Waals surface area contributed by atoms with Gasteiger partial charge in [-0.25, -0.2) is 4.79 Å². The summed E-state index contributed by atoms with van der Waals surface area (Å²) in [5, 5.41) is 13.4. The number of aromatic carboxylic acids is 1. The van der Waals surface area contributed by atoms with Crippen LogP contribution in [0.15, 0.2) is 91.2 Å². The Morgan fingerprint density at radius 2 is 1.91 bits per heavy atom. The first kappa shape index (κ1) is 22.3. The van der Waals surface area contributed by atoms with Crippen molar-refractivity contribution in [1.29, 1.82) is 0 Å². The first-order valence-electron chi connectivity index (χ1n) is 11.1. The highest BCUT2D eigenvalue weighted by Crippen LogP contribution is 2.45. The van der Waals surface area contributed by atoms with Gasteiger partial charge in [0.2, 0.25) is 0 Å². The van der Waals surface area contributed by atoms with Gasteiger partial charge in [-0.3, -0.25) is 4.79 Å². The molecule has 1 aromatic heterocycles. The van der Waals surface area contributed by atoms with Gasteiger partial charge in [-0.2, -0.15) is 0 Å². The van der Waals surface area contributed by atoms with E-state index in [2.05, 4.69) is 28.6 Å². The fourth-order valence-electron chi connectivity index (χ4n) is 4.23. The van der Waals surface area contributed by atoms with Crippen LogP contribution in [-0.4, -0.2) is 21.6 Å². The fourth-order valence-corrected chi connectivity index (χ4v) is 4.23. The number of carboxylic acids is 1. The summed E-state index contributed by atoms with van der Waals surface area (Å²) in [4.78, 5) is 24.6. The summed E-state index contributed by atoms with van der Waals surface area (Å²) in [6.07, 6.45) is 12.6. The maximum Gasteiger partial charge on any atom is 0.335 e. The molecule has 1 amide bonds. The lowest BCUT2D eigenvalue weighted by Crippen LogP contribution is -2.35. The van der Waals surface area contributed by atoms with E-state index in [0.717, 1.165) is 41.3 Å². The van der Waals surface area contributed by atoms with Crippen molar-refractivity contribution >= 4 is 22.8 Å². The molecule has 2 N–H and O–H groups in total. The SMILES string of the molecule is C=CC/C=C(\C=C/C)Cn1ccc2cccc(C(=O)NC3(c4ccc(C(=O)O)cc4)CC3)c21. The molecule has 2 aromatic carbocycles. The van der Waals surface area contributed by atoms with Gasteiger partial charge in [0, 0.05) is 18.1 Å². The lowest BCUT2D eigenvalue weighted by Gasteiger charge is -2.19. The Morgan fingerprint density at radius 3 is 2.55 bits per heavy atom. The van der Waals surface area contributed by atoms with E-state index in [1.807, 2.05) is 49.5 Å². The topological polar surface area (TPSA) is 71.3 Å². The minimum atomic E-state index is -0.956. The summed E-state index contributed by atoms with van der Waals surface area (Å²) in [5.41, 5.74) is 3.43. The smallest absolute Gasteiger partial charge is 0.335 e. The molecule has 0 spiro atoms. The number of carbonyl (C=O) groups excluding carboxylic acids is 1. The maximum atomic E-state index is 13.4. The van der Waals surface area contributed by atoms with Crippen LogP contribution in [0.1, 0.15) is 52.5 Å².